The van der Waals surface area contributed by atoms with Crippen LogP contribution in [0.3, 0.4) is 0 Å². The van der Waals surface area contributed by atoms with Crippen LogP contribution in [0.1, 0.15) is 18.2 Å². The summed E-state index contributed by atoms with van der Waals surface area (Å²) in [7, 11) is 0. The zero-order chi connectivity index (χ0) is 14.9. The van der Waals surface area contributed by atoms with E-state index in [9.17, 15) is 9.50 Å². The van der Waals surface area contributed by atoms with E-state index in [1.54, 1.807) is 23.9 Å². The van der Waals surface area contributed by atoms with Gasteiger partial charge in [-0.3, -0.25) is 4.98 Å². The van der Waals surface area contributed by atoms with Gasteiger partial charge in [-0.25, -0.2) is 9.07 Å². The highest BCUT2D eigenvalue weighted by Gasteiger charge is 2.30. The van der Waals surface area contributed by atoms with Crippen LogP contribution >= 0.6 is 0 Å². The van der Waals surface area contributed by atoms with Crippen molar-refractivity contribution in [3.63, 3.8) is 0 Å². The number of hydrogen-bond donors (Lipinski definition) is 1. The Hall–Kier alpha value is -2.53. The quantitative estimate of drug-likeness (QED) is 0.804. The van der Waals surface area contributed by atoms with Crippen LogP contribution in [0.15, 0.2) is 61.1 Å². The molecule has 0 aliphatic rings. The molecule has 0 bridgehead atoms. The zero-order valence-electron chi connectivity index (χ0n) is 11.4. The third-order valence-corrected chi connectivity index (χ3v) is 3.41. The Labute approximate surface area is 121 Å². The number of hydrogen-bond acceptors (Lipinski definition) is 3. The van der Waals surface area contributed by atoms with E-state index in [0.717, 1.165) is 11.9 Å². The number of benzene rings is 1. The smallest absolute Gasteiger partial charge is 0.141 e. The van der Waals surface area contributed by atoms with Crippen LogP contribution < -0.4 is 0 Å². The van der Waals surface area contributed by atoms with Crippen molar-refractivity contribution < 1.29 is 9.50 Å². The van der Waals surface area contributed by atoms with Gasteiger partial charge in [0, 0.05) is 18.0 Å². The van der Waals surface area contributed by atoms with Crippen LogP contribution in [-0.4, -0.2) is 19.9 Å². The highest BCUT2D eigenvalue weighted by Crippen LogP contribution is 2.30. The predicted octanol–water partition coefficient (Wildman–Crippen LogP) is 2.66. The van der Waals surface area contributed by atoms with Crippen molar-refractivity contribution in [3.8, 4) is 5.69 Å². The number of nitrogens with zero attached hydrogens (tertiary/aromatic N) is 3. The Balaban J connectivity index is 2.11. The van der Waals surface area contributed by atoms with Crippen LogP contribution in [-0.2, 0) is 5.60 Å². The number of para-hydroxylation sites is 1. The van der Waals surface area contributed by atoms with Gasteiger partial charge in [0.05, 0.1) is 17.6 Å². The third-order valence-electron chi connectivity index (χ3n) is 3.41. The monoisotopic (exact) mass is 283 g/mol. The number of rotatable bonds is 3. The molecule has 0 aliphatic heterocycles. The molecular weight excluding hydrogens is 269 g/mol. The Morgan fingerprint density at radius 2 is 1.90 bits per heavy atom. The summed E-state index contributed by atoms with van der Waals surface area (Å²) >= 11 is 0. The molecular formula is C16H14FN3O. The van der Waals surface area contributed by atoms with E-state index in [1.165, 1.54) is 12.3 Å². The Bertz CT molecular complexity index is 753. The lowest BCUT2D eigenvalue weighted by Gasteiger charge is -2.24. The van der Waals surface area contributed by atoms with Crippen molar-refractivity contribution in [1.29, 1.82) is 0 Å². The molecule has 3 rings (SSSR count). The average molecular weight is 283 g/mol. The fourth-order valence-electron chi connectivity index (χ4n) is 2.27. The molecule has 5 heteroatoms. The summed E-state index contributed by atoms with van der Waals surface area (Å²) in [5.41, 5.74) is 0.338. The summed E-state index contributed by atoms with van der Waals surface area (Å²) in [5.74, 6) is -0.487. The second kappa shape index (κ2) is 5.10. The molecule has 1 aromatic carbocycles. The highest BCUT2D eigenvalue weighted by molar-refractivity contribution is 5.37. The van der Waals surface area contributed by atoms with E-state index in [1.807, 2.05) is 30.3 Å². The number of aliphatic hydroxyl groups is 1. The van der Waals surface area contributed by atoms with Crippen LogP contribution in [0.4, 0.5) is 4.39 Å². The van der Waals surface area contributed by atoms with Crippen LogP contribution in [0, 0.1) is 5.82 Å². The summed E-state index contributed by atoms with van der Waals surface area (Å²) in [4.78, 5) is 3.80. The lowest BCUT2D eigenvalue weighted by atomic mass is 9.93. The van der Waals surface area contributed by atoms with E-state index in [-0.39, 0.29) is 0 Å². The maximum absolute atomic E-state index is 13.4. The topological polar surface area (TPSA) is 50.9 Å². The normalized spacial score (nSPS) is 13.9. The Morgan fingerprint density at radius 3 is 2.62 bits per heavy atom. The van der Waals surface area contributed by atoms with E-state index in [4.69, 9.17) is 0 Å². The Morgan fingerprint density at radius 1 is 1.14 bits per heavy atom. The summed E-state index contributed by atoms with van der Waals surface area (Å²) in [6.45, 7) is 1.60. The SMILES string of the molecule is CC(O)(c1cncc(F)c1)c1ccnn1-c1ccccc1. The number of pyridine rings is 1. The highest BCUT2D eigenvalue weighted by atomic mass is 19.1. The molecule has 0 aliphatic carbocycles. The van der Waals surface area contributed by atoms with Gasteiger partial charge in [-0.05, 0) is 31.2 Å². The van der Waals surface area contributed by atoms with Gasteiger partial charge in [-0.15, -0.1) is 0 Å². The maximum atomic E-state index is 13.4. The van der Waals surface area contributed by atoms with E-state index in [2.05, 4.69) is 10.1 Å². The first-order valence-electron chi connectivity index (χ1n) is 6.52. The molecule has 1 atom stereocenters. The van der Waals surface area contributed by atoms with Gasteiger partial charge in [0.1, 0.15) is 11.4 Å². The molecule has 21 heavy (non-hydrogen) atoms. The first kappa shape index (κ1) is 13.5. The lowest BCUT2D eigenvalue weighted by molar-refractivity contribution is 0.0938. The minimum absolute atomic E-state index is 0.375. The van der Waals surface area contributed by atoms with Crippen molar-refractivity contribution in [1.82, 2.24) is 14.8 Å². The molecule has 0 amide bonds. The molecule has 4 nitrogen and oxygen atoms in total. The molecule has 0 fully saturated rings. The molecule has 2 aromatic heterocycles. The van der Waals surface area contributed by atoms with Gasteiger partial charge < -0.3 is 5.11 Å². The first-order chi connectivity index (χ1) is 10.1. The molecule has 0 saturated carbocycles. The second-order valence-corrected chi connectivity index (χ2v) is 4.93. The summed E-state index contributed by atoms with van der Waals surface area (Å²) in [6, 6.07) is 12.4. The minimum atomic E-state index is -1.40. The fraction of sp³-hybridized carbons (Fsp3) is 0.125. The van der Waals surface area contributed by atoms with E-state index >= 15 is 0 Å². The lowest BCUT2D eigenvalue weighted by Crippen LogP contribution is -2.26. The molecule has 1 N–H and O–H groups in total. The Kier molecular flexibility index (Phi) is 3.27. The predicted molar refractivity (Wildman–Crippen MR) is 76.4 cm³/mol. The van der Waals surface area contributed by atoms with Gasteiger partial charge in [-0.1, -0.05) is 18.2 Å². The fourth-order valence-corrected chi connectivity index (χ4v) is 2.27. The third kappa shape index (κ3) is 2.43. The van der Waals surface area contributed by atoms with Gasteiger partial charge >= 0.3 is 0 Å². The van der Waals surface area contributed by atoms with Crippen molar-refractivity contribution in [3.05, 3.63) is 78.1 Å². The standard InChI is InChI=1S/C16H14FN3O/c1-16(21,12-9-13(17)11-18-10-12)15-7-8-19-20(15)14-5-3-2-4-6-14/h2-11,21H,1H3. The van der Waals surface area contributed by atoms with Crippen molar-refractivity contribution in [2.75, 3.05) is 0 Å². The molecule has 1 unspecified atom stereocenters. The van der Waals surface area contributed by atoms with Gasteiger partial charge in [0.15, 0.2) is 0 Å². The molecule has 0 spiro atoms. The average Bonchev–Trinajstić information content (AvgIpc) is 2.98. The first-order valence-corrected chi connectivity index (χ1v) is 6.52. The van der Waals surface area contributed by atoms with Crippen LogP contribution in [0.2, 0.25) is 0 Å². The number of aromatic nitrogens is 3. The van der Waals surface area contributed by atoms with Crippen LogP contribution in [0.25, 0.3) is 5.69 Å². The molecule has 3 aromatic rings. The molecule has 0 saturated heterocycles. The van der Waals surface area contributed by atoms with Crippen molar-refractivity contribution >= 4 is 0 Å². The van der Waals surface area contributed by atoms with Crippen molar-refractivity contribution in [2.45, 2.75) is 12.5 Å². The summed E-state index contributed by atoms with van der Waals surface area (Å²) < 4.78 is 15.0. The molecule has 106 valence electrons. The van der Waals surface area contributed by atoms with E-state index < -0.39 is 11.4 Å². The largest absolute Gasteiger partial charge is 0.379 e. The minimum Gasteiger partial charge on any atom is -0.379 e. The zero-order valence-corrected chi connectivity index (χ0v) is 11.4. The number of halogens is 1. The van der Waals surface area contributed by atoms with Crippen molar-refractivity contribution in [2.24, 2.45) is 0 Å². The molecule has 2 heterocycles. The maximum Gasteiger partial charge on any atom is 0.141 e. The van der Waals surface area contributed by atoms with Crippen LogP contribution in [0.5, 0.6) is 0 Å². The van der Waals surface area contributed by atoms with Gasteiger partial charge in [0.2, 0.25) is 0 Å². The van der Waals surface area contributed by atoms with Gasteiger partial charge in [-0.2, -0.15) is 5.10 Å². The second-order valence-electron chi connectivity index (χ2n) is 4.93. The summed E-state index contributed by atoms with van der Waals surface area (Å²) in [5, 5.41) is 15.1. The molecule has 0 radical (unpaired) electrons. The van der Waals surface area contributed by atoms with Gasteiger partial charge in [0.25, 0.3) is 0 Å². The summed E-state index contributed by atoms with van der Waals surface area (Å²) in [6.07, 6.45) is 4.16. The van der Waals surface area contributed by atoms with E-state index in [0.29, 0.717) is 11.3 Å².